The fourth-order valence-electron chi connectivity index (χ4n) is 1.73. The van der Waals surface area contributed by atoms with Gasteiger partial charge in [0.05, 0.1) is 4.90 Å². The van der Waals surface area contributed by atoms with Gasteiger partial charge in [-0.05, 0) is 49.4 Å². The molecule has 0 atom stereocenters. The van der Waals surface area contributed by atoms with Crippen molar-refractivity contribution in [1.29, 1.82) is 0 Å². The van der Waals surface area contributed by atoms with Crippen LogP contribution in [-0.4, -0.2) is 26.6 Å². The van der Waals surface area contributed by atoms with E-state index in [-0.39, 0.29) is 4.90 Å². The van der Waals surface area contributed by atoms with E-state index < -0.39 is 21.5 Å². The minimum atomic E-state index is -3.59. The van der Waals surface area contributed by atoms with Gasteiger partial charge in [-0.15, -0.1) is 0 Å². The Morgan fingerprint density at radius 1 is 1.42 bits per heavy atom. The van der Waals surface area contributed by atoms with Gasteiger partial charge in [0.15, 0.2) is 9.84 Å². The van der Waals surface area contributed by atoms with Gasteiger partial charge in [-0.25, -0.2) is 8.42 Å². The number of amides is 1. The van der Waals surface area contributed by atoms with Crippen molar-refractivity contribution in [2.24, 2.45) is 5.92 Å². The molecule has 0 bridgehead atoms. The molecule has 0 aliphatic heterocycles. The van der Waals surface area contributed by atoms with Gasteiger partial charge in [0.2, 0.25) is 5.91 Å². The Bertz CT molecular complexity index is 592. The Morgan fingerprint density at radius 3 is 2.68 bits per heavy atom. The quantitative estimate of drug-likeness (QED) is 0.784. The lowest BCUT2D eigenvalue weighted by Gasteiger charge is -2.07. The minimum absolute atomic E-state index is 0.140. The Labute approximate surface area is 113 Å². The molecule has 0 saturated heterocycles. The molecule has 0 radical (unpaired) electrons. The monoisotopic (exact) mass is 282 g/mol. The Kier molecular flexibility index (Phi) is 3.80. The van der Waals surface area contributed by atoms with E-state index in [0.717, 1.165) is 12.8 Å². The number of carbonyl (C=O) groups is 1. The molecule has 1 aliphatic rings. The first-order chi connectivity index (χ1) is 8.88. The molecule has 19 heavy (non-hydrogen) atoms. The average molecular weight is 282 g/mol. The highest BCUT2D eigenvalue weighted by Crippen LogP contribution is 2.27. The van der Waals surface area contributed by atoms with Crippen molar-refractivity contribution in [2.45, 2.75) is 24.7 Å². The summed E-state index contributed by atoms with van der Waals surface area (Å²) in [7, 11) is -3.59. The highest BCUT2D eigenvalue weighted by molar-refractivity contribution is 7.92. The van der Waals surface area contributed by atoms with Gasteiger partial charge in [0, 0.05) is 12.2 Å². The van der Waals surface area contributed by atoms with Gasteiger partial charge in [-0.2, -0.15) is 0 Å². The van der Waals surface area contributed by atoms with Gasteiger partial charge < -0.3 is 11.1 Å². The van der Waals surface area contributed by atoms with Crippen molar-refractivity contribution in [1.82, 2.24) is 5.32 Å². The molecule has 1 amide bonds. The zero-order valence-electron chi connectivity index (χ0n) is 10.8. The summed E-state index contributed by atoms with van der Waals surface area (Å²) in [6.45, 7) is 2.32. The zero-order valence-corrected chi connectivity index (χ0v) is 11.7. The van der Waals surface area contributed by atoms with E-state index in [9.17, 15) is 13.2 Å². The van der Waals surface area contributed by atoms with Gasteiger partial charge >= 0.3 is 0 Å². The first kappa shape index (κ1) is 13.9. The molecule has 0 unspecified atom stereocenters. The third-order valence-corrected chi connectivity index (χ3v) is 4.82. The highest BCUT2D eigenvalue weighted by atomic mass is 32.2. The molecule has 1 saturated carbocycles. The molecule has 1 fully saturated rings. The molecule has 0 aromatic heterocycles. The van der Waals surface area contributed by atoms with E-state index in [4.69, 9.17) is 5.73 Å². The van der Waals surface area contributed by atoms with Crippen molar-refractivity contribution in [2.75, 3.05) is 18.0 Å². The summed E-state index contributed by atoms with van der Waals surface area (Å²) >= 11 is 0. The summed E-state index contributed by atoms with van der Waals surface area (Å²) in [5.41, 5.74) is 6.88. The van der Waals surface area contributed by atoms with Crippen LogP contribution in [0.1, 0.15) is 18.4 Å². The number of carbonyl (C=O) groups excluding carboxylic acids is 1. The first-order valence-corrected chi connectivity index (χ1v) is 7.89. The van der Waals surface area contributed by atoms with Crippen LogP contribution in [0.15, 0.2) is 23.1 Å². The highest BCUT2D eigenvalue weighted by Gasteiger charge is 2.24. The summed E-state index contributed by atoms with van der Waals surface area (Å²) in [4.78, 5) is 11.7. The number of nitrogens with one attached hydrogen (secondary N) is 1. The van der Waals surface area contributed by atoms with Crippen LogP contribution < -0.4 is 11.1 Å². The number of aryl methyl sites for hydroxylation is 1. The second-order valence-electron chi connectivity index (χ2n) is 5.02. The van der Waals surface area contributed by atoms with Crippen LogP contribution in [0.25, 0.3) is 0 Å². The Morgan fingerprint density at radius 2 is 2.11 bits per heavy atom. The van der Waals surface area contributed by atoms with Crippen LogP contribution >= 0.6 is 0 Å². The van der Waals surface area contributed by atoms with E-state index in [1.165, 1.54) is 12.1 Å². The summed E-state index contributed by atoms with van der Waals surface area (Å²) < 4.78 is 24.1. The smallest absolute Gasteiger partial charge is 0.235 e. The molecule has 1 aromatic carbocycles. The van der Waals surface area contributed by atoms with Crippen LogP contribution in [0.5, 0.6) is 0 Å². The van der Waals surface area contributed by atoms with Crippen molar-refractivity contribution < 1.29 is 13.2 Å². The summed E-state index contributed by atoms with van der Waals surface area (Å²) in [5, 5.41) is 2.65. The fourth-order valence-corrected chi connectivity index (χ4v) is 2.97. The molecular formula is C13H18N2O3S. The standard InChI is InChI=1S/C13H18N2O3S/c1-9-6-11(4-5-12(9)14)19(17,18)8-13(16)15-7-10-2-3-10/h4-6,10H,2-3,7-8,14H2,1H3,(H,15,16). The molecule has 6 heteroatoms. The number of nitrogen functional groups attached to an aromatic ring is 1. The summed E-state index contributed by atoms with van der Waals surface area (Å²) in [5.74, 6) is -0.421. The van der Waals surface area contributed by atoms with Crippen LogP contribution in [0, 0.1) is 12.8 Å². The lowest BCUT2D eigenvalue weighted by atomic mass is 10.2. The van der Waals surface area contributed by atoms with Crippen molar-refractivity contribution in [3.8, 4) is 0 Å². The molecule has 0 spiro atoms. The van der Waals surface area contributed by atoms with Crippen LogP contribution in [-0.2, 0) is 14.6 Å². The Hall–Kier alpha value is -1.56. The SMILES string of the molecule is Cc1cc(S(=O)(=O)CC(=O)NCC2CC2)ccc1N. The molecule has 5 nitrogen and oxygen atoms in total. The van der Waals surface area contributed by atoms with Gasteiger partial charge in [0.1, 0.15) is 5.75 Å². The van der Waals surface area contributed by atoms with Crippen LogP contribution in [0.2, 0.25) is 0 Å². The average Bonchev–Trinajstić information content (AvgIpc) is 3.13. The molecule has 3 N–H and O–H groups in total. The normalized spacial score (nSPS) is 15.2. The fraction of sp³-hybridized carbons (Fsp3) is 0.462. The maximum Gasteiger partial charge on any atom is 0.235 e. The van der Waals surface area contributed by atoms with Crippen LogP contribution in [0.3, 0.4) is 0 Å². The van der Waals surface area contributed by atoms with E-state index in [2.05, 4.69) is 5.32 Å². The van der Waals surface area contributed by atoms with Crippen molar-refractivity contribution in [3.05, 3.63) is 23.8 Å². The molecule has 0 heterocycles. The maximum absolute atomic E-state index is 12.1. The van der Waals surface area contributed by atoms with Gasteiger partial charge in [-0.3, -0.25) is 4.79 Å². The second-order valence-corrected chi connectivity index (χ2v) is 7.01. The maximum atomic E-state index is 12.1. The lowest BCUT2D eigenvalue weighted by Crippen LogP contribution is -2.31. The number of hydrogen-bond acceptors (Lipinski definition) is 4. The van der Waals surface area contributed by atoms with E-state index in [0.29, 0.717) is 23.7 Å². The van der Waals surface area contributed by atoms with Gasteiger partial charge in [-0.1, -0.05) is 0 Å². The number of anilines is 1. The second kappa shape index (κ2) is 5.21. The zero-order chi connectivity index (χ0) is 14.0. The summed E-state index contributed by atoms with van der Waals surface area (Å²) in [6.07, 6.45) is 2.23. The molecule has 1 aliphatic carbocycles. The first-order valence-electron chi connectivity index (χ1n) is 6.24. The predicted octanol–water partition coefficient (Wildman–Crippen LogP) is 0.877. The van der Waals surface area contributed by atoms with Gasteiger partial charge in [0.25, 0.3) is 0 Å². The molecule has 1 aromatic rings. The minimum Gasteiger partial charge on any atom is -0.399 e. The predicted molar refractivity (Wildman–Crippen MR) is 73.4 cm³/mol. The molecular weight excluding hydrogens is 264 g/mol. The van der Waals surface area contributed by atoms with E-state index >= 15 is 0 Å². The number of benzene rings is 1. The van der Waals surface area contributed by atoms with E-state index in [1.807, 2.05) is 0 Å². The number of hydrogen-bond donors (Lipinski definition) is 2. The molecule has 2 rings (SSSR count). The lowest BCUT2D eigenvalue weighted by molar-refractivity contribution is -0.118. The summed E-state index contributed by atoms with van der Waals surface area (Å²) in [6, 6.07) is 4.48. The van der Waals surface area contributed by atoms with E-state index in [1.54, 1.807) is 13.0 Å². The third-order valence-electron chi connectivity index (χ3n) is 3.21. The van der Waals surface area contributed by atoms with Crippen LogP contribution in [0.4, 0.5) is 5.69 Å². The topological polar surface area (TPSA) is 89.3 Å². The number of rotatable bonds is 5. The Balaban J connectivity index is 2.03. The largest absolute Gasteiger partial charge is 0.399 e. The molecule has 104 valence electrons. The van der Waals surface area contributed by atoms with Crippen molar-refractivity contribution >= 4 is 21.4 Å². The number of nitrogens with two attached hydrogens (primary N) is 1. The number of sulfone groups is 1. The van der Waals surface area contributed by atoms with Crippen molar-refractivity contribution in [3.63, 3.8) is 0 Å². The third kappa shape index (κ3) is 3.70.